The zero-order valence-corrected chi connectivity index (χ0v) is 17.7. The third kappa shape index (κ3) is 4.51. The molecule has 1 atom stereocenters. The van der Waals surface area contributed by atoms with Crippen molar-refractivity contribution < 1.29 is 8.42 Å². The van der Waals surface area contributed by atoms with Gasteiger partial charge >= 0.3 is 0 Å². The maximum Gasteiger partial charge on any atom is 0.209 e. The molecule has 0 unspecified atom stereocenters. The summed E-state index contributed by atoms with van der Waals surface area (Å²) in [6.45, 7) is 7.48. The van der Waals surface area contributed by atoms with Crippen molar-refractivity contribution in [3.63, 3.8) is 0 Å². The van der Waals surface area contributed by atoms with E-state index < -0.39 is 9.84 Å². The number of nitrogens with one attached hydrogen (secondary N) is 1. The highest BCUT2D eigenvalue weighted by atomic mass is 32.2. The molecule has 0 saturated carbocycles. The number of benzene rings is 1. The molecule has 1 aliphatic heterocycles. The molecule has 1 N–H and O–H groups in total. The molecular weight excluding hydrogens is 388 g/mol. The Kier molecular flexibility index (Phi) is 5.81. The lowest BCUT2D eigenvalue weighted by Gasteiger charge is -2.25. The van der Waals surface area contributed by atoms with Crippen molar-refractivity contribution in [3.8, 4) is 0 Å². The average molecular weight is 413 g/mol. The summed E-state index contributed by atoms with van der Waals surface area (Å²) in [4.78, 5) is 2.14. The Hall–Kier alpha value is -1.29. The first-order chi connectivity index (χ1) is 12.3. The molecule has 0 bridgehead atoms. The van der Waals surface area contributed by atoms with Crippen LogP contribution in [-0.4, -0.2) is 47.2 Å². The van der Waals surface area contributed by atoms with Gasteiger partial charge in [0, 0.05) is 11.7 Å². The topological polar surface area (TPSA) is 67.2 Å². The van der Waals surface area contributed by atoms with E-state index in [-0.39, 0.29) is 17.5 Å². The van der Waals surface area contributed by atoms with Crippen LogP contribution in [0.15, 0.2) is 18.2 Å². The van der Waals surface area contributed by atoms with Crippen molar-refractivity contribution in [1.82, 2.24) is 14.7 Å². The lowest BCUT2D eigenvalue weighted by atomic mass is 10.1. The molecule has 0 spiro atoms. The van der Waals surface area contributed by atoms with Gasteiger partial charge in [0.05, 0.1) is 18.2 Å². The van der Waals surface area contributed by atoms with Gasteiger partial charge in [0.1, 0.15) is 0 Å². The minimum absolute atomic E-state index is 0.0461. The lowest BCUT2D eigenvalue weighted by Crippen LogP contribution is -2.37. The van der Waals surface area contributed by atoms with Gasteiger partial charge in [-0.05, 0) is 62.3 Å². The number of sulfone groups is 1. The molecule has 1 aromatic heterocycles. The van der Waals surface area contributed by atoms with Crippen LogP contribution in [0.3, 0.4) is 0 Å². The van der Waals surface area contributed by atoms with Gasteiger partial charge in [-0.1, -0.05) is 24.3 Å². The predicted octanol–water partition coefficient (Wildman–Crippen LogP) is 3.50. The standard InChI is InChI=1S/C17H24N4O2S3/c1-4-20(15-7-8-26(22,23)10-15)11-21-17(24)25-16(19-21)18-14-6-5-12(2)13(3)9-14/h5-6,9,15H,4,7-8,10-11H2,1-3H3,(H,18,19)/t15-/m1/s1. The normalized spacial score (nSPS) is 19.2. The van der Waals surface area contributed by atoms with Crippen LogP contribution in [0.1, 0.15) is 24.5 Å². The Labute approximate surface area is 163 Å². The third-order valence-electron chi connectivity index (χ3n) is 4.81. The van der Waals surface area contributed by atoms with Gasteiger partial charge in [0.25, 0.3) is 0 Å². The summed E-state index contributed by atoms with van der Waals surface area (Å²) in [7, 11) is -2.90. The van der Waals surface area contributed by atoms with Crippen molar-refractivity contribution in [2.75, 3.05) is 23.4 Å². The number of hydrogen-bond acceptors (Lipinski definition) is 7. The van der Waals surface area contributed by atoms with E-state index in [2.05, 4.69) is 41.3 Å². The maximum atomic E-state index is 11.8. The molecule has 2 aromatic rings. The maximum absolute atomic E-state index is 11.8. The molecule has 1 aliphatic rings. The minimum Gasteiger partial charge on any atom is -0.330 e. The number of nitrogens with zero attached hydrogens (tertiary/aromatic N) is 3. The van der Waals surface area contributed by atoms with Crippen molar-refractivity contribution >= 4 is 44.2 Å². The predicted molar refractivity (Wildman–Crippen MR) is 110 cm³/mol. The molecule has 6 nitrogen and oxygen atoms in total. The zero-order valence-electron chi connectivity index (χ0n) is 15.2. The van der Waals surface area contributed by atoms with Gasteiger partial charge in [-0.2, -0.15) is 0 Å². The molecule has 1 saturated heterocycles. The van der Waals surface area contributed by atoms with Crippen LogP contribution in [-0.2, 0) is 16.5 Å². The largest absolute Gasteiger partial charge is 0.330 e. The summed E-state index contributed by atoms with van der Waals surface area (Å²) in [6, 6.07) is 6.24. The van der Waals surface area contributed by atoms with Gasteiger partial charge < -0.3 is 5.32 Å². The van der Waals surface area contributed by atoms with Gasteiger partial charge in [0.2, 0.25) is 5.13 Å². The van der Waals surface area contributed by atoms with Crippen LogP contribution in [0.5, 0.6) is 0 Å². The highest BCUT2D eigenvalue weighted by molar-refractivity contribution is 7.91. The van der Waals surface area contributed by atoms with Gasteiger partial charge in [-0.15, -0.1) is 5.10 Å². The Bertz CT molecular complexity index is 949. The van der Waals surface area contributed by atoms with E-state index in [0.29, 0.717) is 17.0 Å². The van der Waals surface area contributed by atoms with E-state index in [1.54, 1.807) is 4.68 Å². The first kappa shape index (κ1) is 19.5. The van der Waals surface area contributed by atoms with Crippen LogP contribution in [0.4, 0.5) is 10.8 Å². The van der Waals surface area contributed by atoms with Crippen LogP contribution < -0.4 is 5.32 Å². The van der Waals surface area contributed by atoms with E-state index in [1.165, 1.54) is 22.5 Å². The first-order valence-electron chi connectivity index (χ1n) is 8.64. The summed E-state index contributed by atoms with van der Waals surface area (Å²) >= 11 is 6.88. The Balaban J connectivity index is 1.73. The number of rotatable bonds is 6. The fourth-order valence-electron chi connectivity index (χ4n) is 3.10. The number of aryl methyl sites for hydroxylation is 2. The highest BCUT2D eigenvalue weighted by Gasteiger charge is 2.31. The quantitative estimate of drug-likeness (QED) is 0.733. The summed E-state index contributed by atoms with van der Waals surface area (Å²) in [6.07, 6.45) is 0.682. The van der Waals surface area contributed by atoms with Crippen molar-refractivity contribution in [1.29, 1.82) is 0 Å². The average Bonchev–Trinajstić information content (AvgIpc) is 3.10. The number of hydrogen-bond donors (Lipinski definition) is 1. The highest BCUT2D eigenvalue weighted by Crippen LogP contribution is 2.23. The van der Waals surface area contributed by atoms with Crippen LogP contribution in [0, 0.1) is 17.8 Å². The molecular formula is C17H24N4O2S3. The van der Waals surface area contributed by atoms with Gasteiger partial charge in [-0.25, -0.2) is 13.1 Å². The number of aromatic nitrogens is 2. The van der Waals surface area contributed by atoms with E-state index >= 15 is 0 Å². The second-order valence-corrected chi connectivity index (χ2v) is 10.6. The summed E-state index contributed by atoms with van der Waals surface area (Å²) in [5.41, 5.74) is 3.45. The van der Waals surface area contributed by atoms with Crippen molar-refractivity contribution in [2.24, 2.45) is 0 Å². The summed E-state index contributed by atoms with van der Waals surface area (Å²) < 4.78 is 26.0. The van der Waals surface area contributed by atoms with Crippen LogP contribution in [0.25, 0.3) is 0 Å². The molecule has 0 aliphatic carbocycles. The molecule has 1 fully saturated rings. The SMILES string of the molecule is CCN(Cn1nc(Nc2ccc(C)c(C)c2)sc1=S)[C@@H]1CCS(=O)(=O)C1. The summed E-state index contributed by atoms with van der Waals surface area (Å²) in [5, 5.41) is 8.64. The molecule has 2 heterocycles. The minimum atomic E-state index is -2.90. The van der Waals surface area contributed by atoms with Gasteiger partial charge in [0.15, 0.2) is 13.8 Å². The van der Waals surface area contributed by atoms with E-state index in [1.807, 2.05) is 13.0 Å². The van der Waals surface area contributed by atoms with Crippen LogP contribution in [0.2, 0.25) is 0 Å². The molecule has 9 heteroatoms. The smallest absolute Gasteiger partial charge is 0.209 e. The molecule has 142 valence electrons. The van der Waals surface area contributed by atoms with Crippen molar-refractivity contribution in [3.05, 3.63) is 33.3 Å². The fourth-order valence-corrected chi connectivity index (χ4v) is 5.87. The monoisotopic (exact) mass is 412 g/mol. The second-order valence-electron chi connectivity index (χ2n) is 6.70. The van der Waals surface area contributed by atoms with E-state index in [0.717, 1.165) is 17.4 Å². The first-order valence-corrected chi connectivity index (χ1v) is 11.7. The Morgan fingerprint density at radius 3 is 2.77 bits per heavy atom. The molecule has 0 radical (unpaired) electrons. The molecule has 0 amide bonds. The Morgan fingerprint density at radius 2 is 2.15 bits per heavy atom. The van der Waals surface area contributed by atoms with Crippen molar-refractivity contribution in [2.45, 2.75) is 39.9 Å². The van der Waals surface area contributed by atoms with Gasteiger partial charge in [-0.3, -0.25) is 4.90 Å². The Morgan fingerprint density at radius 1 is 1.38 bits per heavy atom. The summed E-state index contributed by atoms with van der Waals surface area (Å²) in [5.74, 6) is 0.502. The molecule has 1 aromatic carbocycles. The van der Waals surface area contributed by atoms with E-state index in [9.17, 15) is 8.42 Å². The molecule has 3 rings (SSSR count). The van der Waals surface area contributed by atoms with E-state index in [4.69, 9.17) is 12.2 Å². The second kappa shape index (κ2) is 7.75. The molecule has 26 heavy (non-hydrogen) atoms. The number of anilines is 2. The van der Waals surface area contributed by atoms with Crippen LogP contribution >= 0.6 is 23.6 Å². The lowest BCUT2D eigenvalue weighted by molar-refractivity contribution is 0.165. The third-order valence-corrected chi connectivity index (χ3v) is 7.78. The zero-order chi connectivity index (χ0) is 18.9. The fraction of sp³-hybridized carbons (Fsp3) is 0.529.